The molecule has 1 heterocycles. The molecule has 15 heavy (non-hydrogen) atoms. The summed E-state index contributed by atoms with van der Waals surface area (Å²) in [5.41, 5.74) is -0.462. The summed E-state index contributed by atoms with van der Waals surface area (Å²) in [5, 5.41) is 9.10. The maximum absolute atomic E-state index is 11.1. The summed E-state index contributed by atoms with van der Waals surface area (Å²) in [6.45, 7) is 5.03. The van der Waals surface area contributed by atoms with Gasteiger partial charge in [0.25, 0.3) is 0 Å². The molecule has 1 aliphatic carbocycles. The van der Waals surface area contributed by atoms with Crippen molar-refractivity contribution in [3.63, 3.8) is 0 Å². The van der Waals surface area contributed by atoms with Crippen LogP contribution in [0.15, 0.2) is 0 Å². The summed E-state index contributed by atoms with van der Waals surface area (Å²) < 4.78 is 0. The molecule has 86 valence electrons. The third-order valence-electron chi connectivity index (χ3n) is 4.22. The van der Waals surface area contributed by atoms with E-state index in [0.717, 1.165) is 31.8 Å². The standard InChI is InChI=1S/C12H21NO2/c1-12(11(14)15)5-7-13(8-6-12)9-10-3-2-4-10/h10H,2-9H2,1H3,(H,14,15). The van der Waals surface area contributed by atoms with Gasteiger partial charge in [0, 0.05) is 6.54 Å². The minimum Gasteiger partial charge on any atom is -0.481 e. The zero-order valence-corrected chi connectivity index (χ0v) is 9.54. The summed E-state index contributed by atoms with van der Waals surface area (Å²) in [7, 11) is 0. The van der Waals surface area contributed by atoms with Crippen LogP contribution in [0.25, 0.3) is 0 Å². The normalized spacial score (nSPS) is 27.3. The van der Waals surface area contributed by atoms with Gasteiger partial charge in [-0.3, -0.25) is 4.79 Å². The molecule has 0 aromatic heterocycles. The van der Waals surface area contributed by atoms with Crippen LogP contribution in [0.1, 0.15) is 39.0 Å². The number of rotatable bonds is 3. The first-order valence-electron chi connectivity index (χ1n) is 6.06. The minimum absolute atomic E-state index is 0.462. The highest BCUT2D eigenvalue weighted by molar-refractivity contribution is 5.74. The van der Waals surface area contributed by atoms with Gasteiger partial charge < -0.3 is 10.0 Å². The average molecular weight is 211 g/mol. The van der Waals surface area contributed by atoms with E-state index in [1.807, 2.05) is 6.92 Å². The van der Waals surface area contributed by atoms with Crippen molar-refractivity contribution in [1.29, 1.82) is 0 Å². The zero-order valence-electron chi connectivity index (χ0n) is 9.54. The maximum Gasteiger partial charge on any atom is 0.309 e. The van der Waals surface area contributed by atoms with Crippen LogP contribution >= 0.6 is 0 Å². The first kappa shape index (κ1) is 10.9. The lowest BCUT2D eigenvalue weighted by Crippen LogP contribution is -2.44. The van der Waals surface area contributed by atoms with E-state index in [4.69, 9.17) is 5.11 Å². The number of carboxylic acids is 1. The van der Waals surface area contributed by atoms with Crippen molar-refractivity contribution in [2.24, 2.45) is 11.3 Å². The van der Waals surface area contributed by atoms with Gasteiger partial charge in [-0.15, -0.1) is 0 Å². The number of piperidine rings is 1. The van der Waals surface area contributed by atoms with Gasteiger partial charge in [-0.25, -0.2) is 0 Å². The van der Waals surface area contributed by atoms with E-state index in [1.165, 1.54) is 25.8 Å². The Kier molecular flexibility index (Phi) is 3.01. The topological polar surface area (TPSA) is 40.5 Å². The molecule has 1 aliphatic heterocycles. The second-order valence-electron chi connectivity index (χ2n) is 5.46. The number of hydrogen-bond acceptors (Lipinski definition) is 2. The summed E-state index contributed by atoms with van der Waals surface area (Å²) in [6.07, 6.45) is 5.79. The van der Waals surface area contributed by atoms with E-state index >= 15 is 0 Å². The molecule has 0 bridgehead atoms. The number of aliphatic carboxylic acids is 1. The third-order valence-corrected chi connectivity index (χ3v) is 4.22. The Morgan fingerprint density at radius 1 is 1.40 bits per heavy atom. The fourth-order valence-corrected chi connectivity index (χ4v) is 2.48. The molecule has 2 fully saturated rings. The Bertz CT molecular complexity index is 240. The lowest BCUT2D eigenvalue weighted by atomic mass is 9.79. The average Bonchev–Trinajstić information content (AvgIpc) is 2.14. The van der Waals surface area contributed by atoms with Gasteiger partial charge >= 0.3 is 5.97 Å². The Morgan fingerprint density at radius 2 is 2.00 bits per heavy atom. The number of nitrogens with zero attached hydrogens (tertiary/aromatic N) is 1. The molecule has 0 spiro atoms. The van der Waals surface area contributed by atoms with E-state index in [2.05, 4.69) is 4.90 Å². The number of hydrogen-bond donors (Lipinski definition) is 1. The van der Waals surface area contributed by atoms with Crippen LogP contribution in [0.4, 0.5) is 0 Å². The van der Waals surface area contributed by atoms with Crippen LogP contribution in [-0.4, -0.2) is 35.6 Å². The number of carboxylic acid groups (broad SMARTS) is 1. The van der Waals surface area contributed by atoms with Crippen molar-refractivity contribution in [2.75, 3.05) is 19.6 Å². The quantitative estimate of drug-likeness (QED) is 0.776. The molecule has 1 saturated heterocycles. The van der Waals surface area contributed by atoms with Crippen molar-refractivity contribution < 1.29 is 9.90 Å². The molecule has 1 N–H and O–H groups in total. The molecule has 2 aliphatic rings. The van der Waals surface area contributed by atoms with Crippen molar-refractivity contribution in [1.82, 2.24) is 4.90 Å². The van der Waals surface area contributed by atoms with Crippen LogP contribution in [-0.2, 0) is 4.79 Å². The molecule has 0 radical (unpaired) electrons. The van der Waals surface area contributed by atoms with E-state index in [-0.39, 0.29) is 0 Å². The molecule has 1 saturated carbocycles. The minimum atomic E-state index is -0.620. The summed E-state index contributed by atoms with van der Waals surface area (Å²) in [5.74, 6) is 0.282. The SMILES string of the molecule is CC1(C(=O)O)CCN(CC2CCC2)CC1. The number of likely N-dealkylation sites (tertiary alicyclic amines) is 1. The fourth-order valence-electron chi connectivity index (χ4n) is 2.48. The van der Waals surface area contributed by atoms with Gasteiger partial charge in [-0.2, -0.15) is 0 Å². The van der Waals surface area contributed by atoms with Crippen molar-refractivity contribution >= 4 is 5.97 Å². The van der Waals surface area contributed by atoms with Crippen LogP contribution in [0.2, 0.25) is 0 Å². The highest BCUT2D eigenvalue weighted by Gasteiger charge is 2.37. The smallest absolute Gasteiger partial charge is 0.309 e. The first-order valence-corrected chi connectivity index (χ1v) is 6.06. The van der Waals surface area contributed by atoms with Gasteiger partial charge in [-0.1, -0.05) is 6.42 Å². The third kappa shape index (κ3) is 2.33. The highest BCUT2D eigenvalue weighted by atomic mass is 16.4. The molecule has 0 unspecified atom stereocenters. The van der Waals surface area contributed by atoms with Crippen LogP contribution in [0.3, 0.4) is 0 Å². The van der Waals surface area contributed by atoms with E-state index in [1.54, 1.807) is 0 Å². The zero-order chi connectivity index (χ0) is 10.9. The highest BCUT2D eigenvalue weighted by Crippen LogP contribution is 2.33. The van der Waals surface area contributed by atoms with Gasteiger partial charge in [0.1, 0.15) is 0 Å². The Morgan fingerprint density at radius 3 is 2.40 bits per heavy atom. The van der Waals surface area contributed by atoms with E-state index in [0.29, 0.717) is 0 Å². The first-order chi connectivity index (χ1) is 7.10. The maximum atomic E-state index is 11.1. The van der Waals surface area contributed by atoms with Crippen molar-refractivity contribution in [2.45, 2.75) is 39.0 Å². The molecule has 0 aromatic rings. The molecular formula is C12H21NO2. The van der Waals surface area contributed by atoms with E-state index < -0.39 is 11.4 Å². The van der Waals surface area contributed by atoms with Gasteiger partial charge in [0.2, 0.25) is 0 Å². The lowest BCUT2D eigenvalue weighted by Gasteiger charge is -2.39. The van der Waals surface area contributed by atoms with Crippen molar-refractivity contribution in [3.05, 3.63) is 0 Å². The van der Waals surface area contributed by atoms with Crippen molar-refractivity contribution in [3.8, 4) is 0 Å². The van der Waals surface area contributed by atoms with Gasteiger partial charge in [0.05, 0.1) is 5.41 Å². The van der Waals surface area contributed by atoms with Crippen LogP contribution < -0.4 is 0 Å². The largest absolute Gasteiger partial charge is 0.481 e. The summed E-state index contributed by atoms with van der Waals surface area (Å²) in [4.78, 5) is 13.5. The van der Waals surface area contributed by atoms with Crippen LogP contribution in [0.5, 0.6) is 0 Å². The predicted octanol–water partition coefficient (Wildman–Crippen LogP) is 1.97. The summed E-state index contributed by atoms with van der Waals surface area (Å²) >= 11 is 0. The molecule has 3 nitrogen and oxygen atoms in total. The summed E-state index contributed by atoms with van der Waals surface area (Å²) in [6, 6.07) is 0. The monoisotopic (exact) mass is 211 g/mol. The molecular weight excluding hydrogens is 190 g/mol. The Labute approximate surface area is 91.5 Å². The Balaban J connectivity index is 1.78. The lowest BCUT2D eigenvalue weighted by molar-refractivity contribution is -0.150. The number of carbonyl (C=O) groups is 1. The fraction of sp³-hybridized carbons (Fsp3) is 0.917. The van der Waals surface area contributed by atoms with Gasteiger partial charge in [0.15, 0.2) is 0 Å². The van der Waals surface area contributed by atoms with E-state index in [9.17, 15) is 4.79 Å². The molecule has 2 rings (SSSR count). The van der Waals surface area contributed by atoms with Gasteiger partial charge in [-0.05, 0) is 51.6 Å². The second-order valence-corrected chi connectivity index (χ2v) is 5.46. The predicted molar refractivity (Wildman–Crippen MR) is 58.8 cm³/mol. The molecule has 0 atom stereocenters. The second kappa shape index (κ2) is 4.12. The Hall–Kier alpha value is -0.570. The van der Waals surface area contributed by atoms with Crippen LogP contribution in [0, 0.1) is 11.3 Å². The molecule has 0 amide bonds. The molecule has 0 aromatic carbocycles. The molecule has 3 heteroatoms.